The Hall–Kier alpha value is -2.53. The Labute approximate surface area is 149 Å². The second-order valence-electron chi connectivity index (χ2n) is 6.36. The fourth-order valence-corrected chi connectivity index (χ4v) is 3.08. The van der Waals surface area contributed by atoms with Crippen LogP contribution in [0.3, 0.4) is 0 Å². The summed E-state index contributed by atoms with van der Waals surface area (Å²) in [5.74, 6) is 0. The smallest absolute Gasteiger partial charge is 0.319 e. The van der Waals surface area contributed by atoms with Gasteiger partial charge in [-0.2, -0.15) is 0 Å². The molecule has 1 aliphatic rings. The summed E-state index contributed by atoms with van der Waals surface area (Å²) < 4.78 is 0. The number of amides is 2. The molecule has 2 aromatic carbocycles. The van der Waals surface area contributed by atoms with Gasteiger partial charge in [-0.25, -0.2) is 4.79 Å². The third-order valence-electron chi connectivity index (χ3n) is 4.60. The lowest BCUT2D eigenvalue weighted by molar-refractivity contribution is 0.240. The molecule has 0 aromatic heterocycles. The van der Waals surface area contributed by atoms with Gasteiger partial charge in [0.2, 0.25) is 0 Å². The van der Waals surface area contributed by atoms with Crippen LogP contribution in [0.1, 0.15) is 5.56 Å². The molecule has 1 saturated heterocycles. The number of benzene rings is 2. The molecule has 0 spiro atoms. The highest BCUT2D eigenvalue weighted by Gasteiger charge is 2.16. The predicted molar refractivity (Wildman–Crippen MR) is 103 cm³/mol. The average molecular weight is 338 g/mol. The van der Waals surface area contributed by atoms with Crippen LogP contribution in [0, 0.1) is 6.92 Å². The molecule has 1 fully saturated rings. The maximum atomic E-state index is 12.0. The van der Waals surface area contributed by atoms with E-state index in [-0.39, 0.29) is 6.03 Å². The van der Waals surface area contributed by atoms with E-state index in [0.717, 1.165) is 44.0 Å². The zero-order valence-electron chi connectivity index (χ0n) is 14.7. The lowest BCUT2D eigenvalue weighted by Crippen LogP contribution is -2.48. The minimum Gasteiger partial charge on any atom is -0.369 e. The van der Waals surface area contributed by atoms with Gasteiger partial charge < -0.3 is 15.5 Å². The van der Waals surface area contributed by atoms with Gasteiger partial charge in [0, 0.05) is 50.6 Å². The van der Waals surface area contributed by atoms with Crippen molar-refractivity contribution in [1.82, 2.24) is 10.2 Å². The Morgan fingerprint density at radius 2 is 1.64 bits per heavy atom. The van der Waals surface area contributed by atoms with Crippen LogP contribution in [0.5, 0.6) is 0 Å². The van der Waals surface area contributed by atoms with Crippen LogP contribution in [0.4, 0.5) is 16.2 Å². The van der Waals surface area contributed by atoms with Crippen LogP contribution < -0.4 is 15.5 Å². The number of nitrogens with zero attached hydrogens (tertiary/aromatic N) is 2. The number of hydrogen-bond acceptors (Lipinski definition) is 3. The fourth-order valence-electron chi connectivity index (χ4n) is 3.08. The molecule has 0 unspecified atom stereocenters. The number of urea groups is 1. The number of para-hydroxylation sites is 2. The van der Waals surface area contributed by atoms with Crippen molar-refractivity contribution < 1.29 is 4.79 Å². The van der Waals surface area contributed by atoms with E-state index in [1.807, 2.05) is 37.3 Å². The van der Waals surface area contributed by atoms with E-state index < -0.39 is 0 Å². The van der Waals surface area contributed by atoms with Crippen LogP contribution >= 0.6 is 0 Å². The van der Waals surface area contributed by atoms with Gasteiger partial charge in [-0.3, -0.25) is 4.90 Å². The highest BCUT2D eigenvalue weighted by atomic mass is 16.2. The summed E-state index contributed by atoms with van der Waals surface area (Å²) in [5, 5.41) is 5.84. The maximum Gasteiger partial charge on any atom is 0.319 e. The molecule has 2 amide bonds. The van der Waals surface area contributed by atoms with Crippen molar-refractivity contribution in [3.63, 3.8) is 0 Å². The summed E-state index contributed by atoms with van der Waals surface area (Å²) in [6, 6.07) is 18.2. The predicted octanol–water partition coefficient (Wildman–Crippen LogP) is 2.94. The SMILES string of the molecule is Cc1ccccc1NC(=O)NCCN1CCN(c2ccccc2)CC1. The van der Waals surface area contributed by atoms with E-state index in [9.17, 15) is 4.79 Å². The van der Waals surface area contributed by atoms with Crippen molar-refractivity contribution in [3.8, 4) is 0 Å². The largest absolute Gasteiger partial charge is 0.369 e. The molecule has 1 heterocycles. The van der Waals surface area contributed by atoms with Crippen molar-refractivity contribution in [2.45, 2.75) is 6.92 Å². The number of aryl methyl sites for hydroxylation is 1. The Bertz CT molecular complexity index is 681. The molecule has 25 heavy (non-hydrogen) atoms. The first-order valence-electron chi connectivity index (χ1n) is 8.85. The zero-order valence-corrected chi connectivity index (χ0v) is 14.7. The molecule has 0 bridgehead atoms. The minimum absolute atomic E-state index is 0.141. The van der Waals surface area contributed by atoms with Gasteiger partial charge in [0.25, 0.3) is 0 Å². The molecular formula is C20H26N4O. The number of nitrogens with one attached hydrogen (secondary N) is 2. The van der Waals surface area contributed by atoms with Gasteiger partial charge >= 0.3 is 6.03 Å². The molecule has 2 N–H and O–H groups in total. The lowest BCUT2D eigenvalue weighted by Gasteiger charge is -2.36. The van der Waals surface area contributed by atoms with Gasteiger partial charge in [0.15, 0.2) is 0 Å². The molecule has 5 nitrogen and oxygen atoms in total. The first-order valence-corrected chi connectivity index (χ1v) is 8.85. The molecule has 2 aromatic rings. The minimum atomic E-state index is -0.141. The molecule has 3 rings (SSSR count). The van der Waals surface area contributed by atoms with Crippen LogP contribution in [0.15, 0.2) is 54.6 Å². The van der Waals surface area contributed by atoms with E-state index in [1.54, 1.807) is 0 Å². The quantitative estimate of drug-likeness (QED) is 0.881. The number of rotatable bonds is 5. The summed E-state index contributed by atoms with van der Waals surface area (Å²) in [6.45, 7) is 7.62. The Kier molecular flexibility index (Phi) is 5.90. The molecule has 0 radical (unpaired) electrons. The van der Waals surface area contributed by atoms with E-state index in [1.165, 1.54) is 5.69 Å². The van der Waals surface area contributed by atoms with E-state index in [2.05, 4.69) is 44.7 Å². The molecule has 1 aliphatic heterocycles. The topological polar surface area (TPSA) is 47.6 Å². The Morgan fingerprint density at radius 3 is 2.36 bits per heavy atom. The van der Waals surface area contributed by atoms with Gasteiger partial charge in [0.1, 0.15) is 0 Å². The maximum absolute atomic E-state index is 12.0. The average Bonchev–Trinajstić information content (AvgIpc) is 2.65. The van der Waals surface area contributed by atoms with Crippen molar-refractivity contribution in [2.75, 3.05) is 49.5 Å². The first-order chi connectivity index (χ1) is 12.2. The molecule has 0 atom stereocenters. The Balaban J connectivity index is 1.36. The Morgan fingerprint density at radius 1 is 0.960 bits per heavy atom. The van der Waals surface area contributed by atoms with Gasteiger partial charge in [-0.1, -0.05) is 36.4 Å². The van der Waals surface area contributed by atoms with Crippen LogP contribution in [-0.2, 0) is 0 Å². The van der Waals surface area contributed by atoms with E-state index in [0.29, 0.717) is 6.54 Å². The molecule has 132 valence electrons. The van der Waals surface area contributed by atoms with Gasteiger partial charge in [-0.05, 0) is 30.7 Å². The number of carbonyl (C=O) groups excluding carboxylic acids is 1. The summed E-state index contributed by atoms with van der Waals surface area (Å²) >= 11 is 0. The van der Waals surface area contributed by atoms with Gasteiger partial charge in [0.05, 0.1) is 0 Å². The number of carbonyl (C=O) groups is 1. The van der Waals surface area contributed by atoms with Crippen LogP contribution in [0.25, 0.3) is 0 Å². The third-order valence-corrected chi connectivity index (χ3v) is 4.60. The second-order valence-corrected chi connectivity index (χ2v) is 6.36. The number of hydrogen-bond donors (Lipinski definition) is 2. The van der Waals surface area contributed by atoms with Crippen molar-refractivity contribution in [3.05, 3.63) is 60.2 Å². The second kappa shape index (κ2) is 8.53. The van der Waals surface area contributed by atoms with Crippen molar-refractivity contribution in [2.24, 2.45) is 0 Å². The zero-order chi connectivity index (χ0) is 17.5. The number of piperazine rings is 1. The normalized spacial score (nSPS) is 15.0. The summed E-state index contributed by atoms with van der Waals surface area (Å²) in [5.41, 5.74) is 3.21. The number of anilines is 2. The van der Waals surface area contributed by atoms with Crippen molar-refractivity contribution in [1.29, 1.82) is 0 Å². The molecular weight excluding hydrogens is 312 g/mol. The van der Waals surface area contributed by atoms with Crippen molar-refractivity contribution >= 4 is 17.4 Å². The van der Waals surface area contributed by atoms with E-state index >= 15 is 0 Å². The van der Waals surface area contributed by atoms with Gasteiger partial charge in [-0.15, -0.1) is 0 Å². The molecule has 0 saturated carbocycles. The highest BCUT2D eigenvalue weighted by molar-refractivity contribution is 5.89. The van der Waals surface area contributed by atoms with Crippen LogP contribution in [0.2, 0.25) is 0 Å². The lowest BCUT2D eigenvalue weighted by atomic mass is 10.2. The van der Waals surface area contributed by atoms with Crippen LogP contribution in [-0.4, -0.2) is 50.2 Å². The molecule has 0 aliphatic carbocycles. The highest BCUT2D eigenvalue weighted by Crippen LogP contribution is 2.15. The summed E-state index contributed by atoms with van der Waals surface area (Å²) in [7, 11) is 0. The van der Waals surface area contributed by atoms with E-state index in [4.69, 9.17) is 0 Å². The first kappa shape index (κ1) is 17.3. The standard InChI is InChI=1S/C20H26N4O/c1-17-7-5-6-10-19(17)22-20(25)21-11-12-23-13-15-24(16-14-23)18-8-3-2-4-9-18/h2-10H,11-16H2,1H3,(H2,21,22,25). The monoisotopic (exact) mass is 338 g/mol. The fraction of sp³-hybridized carbons (Fsp3) is 0.350. The molecule has 5 heteroatoms. The summed E-state index contributed by atoms with van der Waals surface area (Å²) in [6.07, 6.45) is 0. The summed E-state index contributed by atoms with van der Waals surface area (Å²) in [4.78, 5) is 16.8. The third kappa shape index (κ3) is 4.97.